The molecular formula is C24H26ClN3O3S. The van der Waals surface area contributed by atoms with E-state index in [0.29, 0.717) is 35.7 Å². The highest BCUT2D eigenvalue weighted by atomic mass is 35.5. The summed E-state index contributed by atoms with van der Waals surface area (Å²) in [5.41, 5.74) is 1.60. The Labute approximate surface area is 197 Å². The fourth-order valence-corrected chi connectivity index (χ4v) is 4.72. The molecule has 1 aromatic heterocycles. The first-order valence-electron chi connectivity index (χ1n) is 10.8. The second kappa shape index (κ2) is 10.3. The number of aromatic nitrogens is 1. The van der Waals surface area contributed by atoms with Crippen molar-refractivity contribution in [1.29, 1.82) is 0 Å². The molecule has 0 bridgehead atoms. The van der Waals surface area contributed by atoms with Gasteiger partial charge in [-0.3, -0.25) is 9.69 Å². The van der Waals surface area contributed by atoms with E-state index in [0.717, 1.165) is 41.2 Å². The standard InChI is InChI=1S/C24H26ClN3O3S/c1-3-27(4-2)11-12-28(23(29)10-9-17-7-5-6-8-18(17)25)24-26-19-15-20-21(16-22(19)32-24)31-14-13-30-20/h5-10,15-16H,3-4,11-14H2,1-2H3. The van der Waals surface area contributed by atoms with Crippen LogP contribution in [0.2, 0.25) is 5.02 Å². The van der Waals surface area contributed by atoms with Gasteiger partial charge in [0.1, 0.15) is 13.2 Å². The van der Waals surface area contributed by atoms with Gasteiger partial charge in [-0.05, 0) is 30.8 Å². The van der Waals surface area contributed by atoms with Crippen LogP contribution in [0.5, 0.6) is 11.5 Å². The van der Waals surface area contributed by atoms with Crippen molar-refractivity contribution in [3.63, 3.8) is 0 Å². The first kappa shape index (κ1) is 22.6. The Balaban J connectivity index is 1.63. The molecule has 1 amide bonds. The molecule has 0 fully saturated rings. The highest BCUT2D eigenvalue weighted by Crippen LogP contribution is 2.38. The maximum atomic E-state index is 13.2. The number of carbonyl (C=O) groups is 1. The number of carbonyl (C=O) groups excluding carboxylic acids is 1. The molecular weight excluding hydrogens is 446 g/mol. The lowest BCUT2D eigenvalue weighted by atomic mass is 10.2. The third-order valence-electron chi connectivity index (χ3n) is 5.38. The van der Waals surface area contributed by atoms with Crippen molar-refractivity contribution in [1.82, 2.24) is 9.88 Å². The van der Waals surface area contributed by atoms with E-state index in [2.05, 4.69) is 18.7 Å². The zero-order valence-electron chi connectivity index (χ0n) is 18.2. The van der Waals surface area contributed by atoms with Gasteiger partial charge in [-0.2, -0.15) is 0 Å². The molecule has 0 atom stereocenters. The third kappa shape index (κ3) is 5.06. The van der Waals surface area contributed by atoms with Gasteiger partial charge < -0.3 is 14.4 Å². The van der Waals surface area contributed by atoms with Crippen molar-refractivity contribution in [2.75, 3.05) is 44.3 Å². The van der Waals surface area contributed by atoms with E-state index in [4.69, 9.17) is 26.1 Å². The lowest BCUT2D eigenvalue weighted by molar-refractivity contribution is -0.114. The van der Waals surface area contributed by atoms with Crippen molar-refractivity contribution >= 4 is 50.3 Å². The van der Waals surface area contributed by atoms with Gasteiger partial charge in [0, 0.05) is 36.3 Å². The minimum absolute atomic E-state index is 0.131. The average molecular weight is 472 g/mol. The lowest BCUT2D eigenvalue weighted by Gasteiger charge is -2.23. The van der Waals surface area contributed by atoms with E-state index in [-0.39, 0.29) is 5.91 Å². The molecule has 4 rings (SSSR count). The molecule has 0 aliphatic carbocycles. The van der Waals surface area contributed by atoms with Crippen molar-refractivity contribution in [3.05, 3.63) is 53.1 Å². The number of benzene rings is 2. The number of ether oxygens (including phenoxy) is 2. The van der Waals surface area contributed by atoms with E-state index in [9.17, 15) is 4.79 Å². The number of nitrogens with zero attached hydrogens (tertiary/aromatic N) is 3. The van der Waals surface area contributed by atoms with Crippen LogP contribution in [-0.4, -0.2) is 55.2 Å². The first-order valence-corrected chi connectivity index (χ1v) is 11.9. The second-order valence-electron chi connectivity index (χ2n) is 7.33. The molecule has 1 aliphatic heterocycles. The number of anilines is 1. The molecule has 3 aromatic rings. The maximum Gasteiger partial charge on any atom is 0.252 e. The van der Waals surface area contributed by atoms with E-state index >= 15 is 0 Å². The van der Waals surface area contributed by atoms with Crippen LogP contribution in [-0.2, 0) is 4.79 Å². The summed E-state index contributed by atoms with van der Waals surface area (Å²) in [6, 6.07) is 11.3. The Kier molecular flexibility index (Phi) is 7.29. The molecule has 2 heterocycles. The summed E-state index contributed by atoms with van der Waals surface area (Å²) in [5.74, 6) is 1.28. The molecule has 0 saturated carbocycles. The summed E-state index contributed by atoms with van der Waals surface area (Å²) < 4.78 is 12.3. The number of amides is 1. The van der Waals surface area contributed by atoms with E-state index in [1.165, 1.54) is 11.3 Å². The summed E-state index contributed by atoms with van der Waals surface area (Å²) in [5, 5.41) is 1.26. The average Bonchev–Trinajstić information content (AvgIpc) is 3.22. The number of halogens is 1. The quantitative estimate of drug-likeness (QED) is 0.427. The van der Waals surface area contributed by atoms with Crippen LogP contribution in [0.4, 0.5) is 5.13 Å². The molecule has 6 nitrogen and oxygen atoms in total. The summed E-state index contributed by atoms with van der Waals surface area (Å²) in [4.78, 5) is 22.0. The topological polar surface area (TPSA) is 54.9 Å². The van der Waals surface area contributed by atoms with Gasteiger partial charge in [-0.25, -0.2) is 4.98 Å². The van der Waals surface area contributed by atoms with E-state index in [1.807, 2.05) is 36.4 Å². The van der Waals surface area contributed by atoms with Crippen molar-refractivity contribution in [2.45, 2.75) is 13.8 Å². The van der Waals surface area contributed by atoms with Crippen LogP contribution in [0.3, 0.4) is 0 Å². The predicted molar refractivity (Wildman–Crippen MR) is 131 cm³/mol. The summed E-state index contributed by atoms with van der Waals surface area (Å²) in [6.07, 6.45) is 3.32. The Bertz CT molecular complexity index is 1080. The maximum absolute atomic E-state index is 13.2. The van der Waals surface area contributed by atoms with Gasteiger partial charge in [0.25, 0.3) is 5.91 Å². The van der Waals surface area contributed by atoms with Crippen LogP contribution in [0.15, 0.2) is 42.5 Å². The van der Waals surface area contributed by atoms with Crippen LogP contribution in [0.25, 0.3) is 16.3 Å². The smallest absolute Gasteiger partial charge is 0.252 e. The molecule has 0 saturated heterocycles. The van der Waals surface area contributed by atoms with Crippen molar-refractivity contribution in [2.24, 2.45) is 0 Å². The van der Waals surface area contributed by atoms with Gasteiger partial charge in [0.05, 0.1) is 10.2 Å². The lowest BCUT2D eigenvalue weighted by Crippen LogP contribution is -2.38. The summed E-state index contributed by atoms with van der Waals surface area (Å²) >= 11 is 7.72. The van der Waals surface area contributed by atoms with Crippen molar-refractivity contribution in [3.8, 4) is 11.5 Å². The van der Waals surface area contributed by atoms with Gasteiger partial charge >= 0.3 is 0 Å². The zero-order valence-corrected chi connectivity index (χ0v) is 19.8. The van der Waals surface area contributed by atoms with Gasteiger partial charge in [0.2, 0.25) is 0 Å². The summed E-state index contributed by atoms with van der Waals surface area (Å²) in [6.45, 7) is 8.45. The highest BCUT2D eigenvalue weighted by Gasteiger charge is 2.21. The monoisotopic (exact) mass is 471 g/mol. The number of rotatable bonds is 8. The third-order valence-corrected chi connectivity index (χ3v) is 6.77. The highest BCUT2D eigenvalue weighted by molar-refractivity contribution is 7.22. The fraction of sp³-hybridized carbons (Fsp3) is 0.333. The van der Waals surface area contributed by atoms with Crippen LogP contribution in [0, 0.1) is 0 Å². The van der Waals surface area contributed by atoms with Crippen molar-refractivity contribution < 1.29 is 14.3 Å². The molecule has 32 heavy (non-hydrogen) atoms. The van der Waals surface area contributed by atoms with Gasteiger partial charge in [-0.15, -0.1) is 0 Å². The minimum atomic E-state index is -0.131. The van der Waals surface area contributed by atoms with E-state index < -0.39 is 0 Å². The van der Waals surface area contributed by atoms with Crippen LogP contribution < -0.4 is 14.4 Å². The number of thiazole rings is 1. The van der Waals surface area contributed by atoms with Crippen LogP contribution in [0.1, 0.15) is 19.4 Å². The molecule has 0 N–H and O–H groups in total. The molecule has 0 spiro atoms. The second-order valence-corrected chi connectivity index (χ2v) is 8.75. The largest absolute Gasteiger partial charge is 0.486 e. The molecule has 2 aromatic carbocycles. The molecule has 8 heteroatoms. The zero-order chi connectivity index (χ0) is 22.5. The molecule has 0 radical (unpaired) electrons. The number of hydrogen-bond donors (Lipinski definition) is 0. The Hall–Kier alpha value is -2.61. The van der Waals surface area contributed by atoms with E-state index in [1.54, 1.807) is 17.1 Å². The SMILES string of the molecule is CCN(CC)CCN(C(=O)C=Cc1ccccc1Cl)c1nc2cc3c(cc2s1)OCCO3. The normalized spacial score (nSPS) is 13.2. The molecule has 1 aliphatic rings. The number of likely N-dealkylation sites (N-methyl/N-ethyl adjacent to an activating group) is 1. The molecule has 0 unspecified atom stereocenters. The van der Waals surface area contributed by atoms with Crippen LogP contribution >= 0.6 is 22.9 Å². The molecule has 168 valence electrons. The fourth-order valence-electron chi connectivity index (χ4n) is 3.51. The predicted octanol–water partition coefficient (Wildman–Crippen LogP) is 5.11. The van der Waals surface area contributed by atoms with Gasteiger partial charge in [-0.1, -0.05) is 55.0 Å². The number of fused-ring (bicyclic) bond motifs is 2. The van der Waals surface area contributed by atoms with Gasteiger partial charge in [0.15, 0.2) is 16.6 Å². The Morgan fingerprint density at radius 1 is 1.12 bits per heavy atom. The first-order chi connectivity index (χ1) is 15.6. The summed E-state index contributed by atoms with van der Waals surface area (Å²) in [7, 11) is 0. The Morgan fingerprint density at radius 3 is 2.56 bits per heavy atom. The Morgan fingerprint density at radius 2 is 1.84 bits per heavy atom. The minimum Gasteiger partial charge on any atom is -0.486 e. The number of hydrogen-bond acceptors (Lipinski definition) is 6.